The molecule has 1 aliphatic rings. The first-order valence-electron chi connectivity index (χ1n) is 11.0. The fraction of sp³-hybridized carbons (Fsp3) is 0.308. The summed E-state index contributed by atoms with van der Waals surface area (Å²) in [5.74, 6) is 5.98. The summed E-state index contributed by atoms with van der Waals surface area (Å²) in [6.07, 6.45) is 0.793. The van der Waals surface area contributed by atoms with Crippen LogP contribution in [0.2, 0.25) is 0 Å². The van der Waals surface area contributed by atoms with E-state index in [2.05, 4.69) is 29.8 Å². The normalized spacial score (nSPS) is 12.9. The van der Waals surface area contributed by atoms with Gasteiger partial charge in [0, 0.05) is 35.1 Å². The van der Waals surface area contributed by atoms with Gasteiger partial charge in [0.2, 0.25) is 0 Å². The number of rotatable bonds is 5. The molecule has 2 aromatic carbocycles. The van der Waals surface area contributed by atoms with Crippen molar-refractivity contribution in [2.45, 2.75) is 46.7 Å². The van der Waals surface area contributed by atoms with Crippen molar-refractivity contribution in [2.75, 3.05) is 11.4 Å². The number of H-pyrrole nitrogens is 1. The first-order chi connectivity index (χ1) is 15.3. The van der Waals surface area contributed by atoms with Gasteiger partial charge in [0.05, 0.1) is 6.54 Å². The number of anilines is 1. The van der Waals surface area contributed by atoms with Crippen molar-refractivity contribution in [1.82, 2.24) is 9.99 Å². The number of nitrogens with two attached hydrogens (primary N) is 1. The molecule has 0 bridgehead atoms. The summed E-state index contributed by atoms with van der Waals surface area (Å²) >= 11 is 0. The number of nitrogens with one attached hydrogen (secondary N) is 1. The third kappa shape index (κ3) is 4.06. The quantitative estimate of drug-likeness (QED) is 0.365. The number of amides is 1. The average Bonchev–Trinajstić information content (AvgIpc) is 3.20. The lowest BCUT2D eigenvalue weighted by Crippen LogP contribution is -2.39. The molecule has 0 atom stereocenters. The Balaban J connectivity index is 1.75. The Morgan fingerprint density at radius 3 is 2.50 bits per heavy atom. The molecule has 0 unspecified atom stereocenters. The van der Waals surface area contributed by atoms with Crippen LogP contribution in [0.5, 0.6) is 0 Å². The predicted octanol–water partition coefficient (Wildman–Crippen LogP) is 3.95. The minimum atomic E-state index is -0.274. The molecule has 0 aliphatic carbocycles. The standard InChI is InChI=1S/C26H30N4O2/c1-16(2)29-11-10-21-22(13-20(14-24(21)29)19-8-6-5-7-9-19)26(32)30(27)15-23-17(3)12-18(4)28-25(23)31/h5-9,12-14,16H,10-11,15,27H2,1-4H3,(H,28,31). The van der Waals surface area contributed by atoms with Gasteiger partial charge in [0.1, 0.15) is 0 Å². The summed E-state index contributed by atoms with van der Waals surface area (Å²) in [5, 5.41) is 1.16. The highest BCUT2D eigenvalue weighted by atomic mass is 16.2. The molecule has 0 fully saturated rings. The van der Waals surface area contributed by atoms with Crippen LogP contribution in [0.25, 0.3) is 11.1 Å². The highest BCUT2D eigenvalue weighted by Gasteiger charge is 2.29. The molecule has 6 heteroatoms. The Morgan fingerprint density at radius 2 is 1.84 bits per heavy atom. The molecule has 2 heterocycles. The number of hydrogen-bond acceptors (Lipinski definition) is 4. The maximum Gasteiger partial charge on any atom is 0.268 e. The van der Waals surface area contributed by atoms with Crippen molar-refractivity contribution in [2.24, 2.45) is 5.84 Å². The summed E-state index contributed by atoms with van der Waals surface area (Å²) < 4.78 is 0. The van der Waals surface area contributed by atoms with Gasteiger partial charge >= 0.3 is 0 Å². The van der Waals surface area contributed by atoms with Crippen molar-refractivity contribution >= 4 is 11.6 Å². The summed E-state index contributed by atoms with van der Waals surface area (Å²) in [6.45, 7) is 8.94. The van der Waals surface area contributed by atoms with Crippen LogP contribution in [0.1, 0.15) is 46.6 Å². The molecule has 6 nitrogen and oxygen atoms in total. The summed E-state index contributed by atoms with van der Waals surface area (Å²) in [4.78, 5) is 31.1. The van der Waals surface area contributed by atoms with Crippen molar-refractivity contribution in [1.29, 1.82) is 0 Å². The van der Waals surface area contributed by atoms with E-state index in [0.717, 1.165) is 51.6 Å². The second-order valence-electron chi connectivity index (χ2n) is 8.80. The fourth-order valence-electron chi connectivity index (χ4n) is 4.53. The number of pyridine rings is 1. The number of nitrogens with zero attached hydrogens (tertiary/aromatic N) is 2. The van der Waals surface area contributed by atoms with E-state index in [1.807, 2.05) is 56.3 Å². The Labute approximate surface area is 188 Å². The zero-order chi connectivity index (χ0) is 23.0. The van der Waals surface area contributed by atoms with E-state index in [4.69, 9.17) is 5.84 Å². The van der Waals surface area contributed by atoms with E-state index >= 15 is 0 Å². The molecule has 0 saturated carbocycles. The number of aryl methyl sites for hydroxylation is 2. The van der Waals surface area contributed by atoms with Crippen molar-refractivity contribution in [3.63, 3.8) is 0 Å². The van der Waals surface area contributed by atoms with Gasteiger partial charge in [-0.15, -0.1) is 0 Å². The number of fused-ring (bicyclic) bond motifs is 1. The van der Waals surface area contributed by atoms with Crippen LogP contribution < -0.4 is 16.3 Å². The molecule has 3 aromatic rings. The smallest absolute Gasteiger partial charge is 0.268 e. The van der Waals surface area contributed by atoms with E-state index < -0.39 is 0 Å². The largest absolute Gasteiger partial charge is 0.369 e. The number of carbonyl (C=O) groups is 1. The second-order valence-corrected chi connectivity index (χ2v) is 8.80. The first kappa shape index (κ1) is 21.8. The summed E-state index contributed by atoms with van der Waals surface area (Å²) in [5.41, 5.74) is 6.65. The third-order valence-electron chi connectivity index (χ3n) is 6.18. The fourth-order valence-corrected chi connectivity index (χ4v) is 4.53. The van der Waals surface area contributed by atoms with E-state index in [1.54, 1.807) is 0 Å². The molecule has 3 N–H and O–H groups in total. The highest BCUT2D eigenvalue weighted by molar-refractivity contribution is 5.99. The minimum absolute atomic E-state index is 0.0541. The van der Waals surface area contributed by atoms with Crippen molar-refractivity contribution in [3.8, 4) is 11.1 Å². The van der Waals surface area contributed by atoms with Crippen LogP contribution in [0.4, 0.5) is 5.69 Å². The number of hydrogen-bond donors (Lipinski definition) is 2. The second kappa shape index (κ2) is 8.63. The van der Waals surface area contributed by atoms with Crippen LogP contribution in [0.15, 0.2) is 53.3 Å². The van der Waals surface area contributed by atoms with Crippen molar-refractivity contribution in [3.05, 3.63) is 86.8 Å². The third-order valence-corrected chi connectivity index (χ3v) is 6.18. The summed E-state index contributed by atoms with van der Waals surface area (Å²) in [7, 11) is 0. The number of carbonyl (C=O) groups excluding carboxylic acids is 1. The van der Waals surface area contributed by atoms with Crippen molar-refractivity contribution < 1.29 is 4.79 Å². The van der Waals surface area contributed by atoms with Crippen LogP contribution in [-0.4, -0.2) is 28.5 Å². The Hall–Kier alpha value is -3.38. The zero-order valence-electron chi connectivity index (χ0n) is 19.1. The van der Waals surface area contributed by atoms with Gasteiger partial charge in [-0.3, -0.25) is 14.6 Å². The molecule has 32 heavy (non-hydrogen) atoms. The Morgan fingerprint density at radius 1 is 1.12 bits per heavy atom. The highest BCUT2D eigenvalue weighted by Crippen LogP contribution is 2.37. The Bertz CT molecular complexity index is 1210. The number of benzene rings is 2. The predicted molar refractivity (Wildman–Crippen MR) is 129 cm³/mol. The molecule has 1 amide bonds. The lowest BCUT2D eigenvalue weighted by molar-refractivity contribution is 0.0741. The van der Waals surface area contributed by atoms with E-state index in [0.29, 0.717) is 17.2 Å². The Kier molecular flexibility index (Phi) is 5.89. The van der Waals surface area contributed by atoms with Gasteiger partial charge in [0.15, 0.2) is 0 Å². The van der Waals surface area contributed by atoms with Gasteiger partial charge in [-0.05, 0) is 74.6 Å². The lowest BCUT2D eigenvalue weighted by atomic mass is 9.96. The topological polar surface area (TPSA) is 82.4 Å². The van der Waals surface area contributed by atoms with Gasteiger partial charge in [-0.25, -0.2) is 5.84 Å². The molecule has 166 valence electrons. The van der Waals surface area contributed by atoms with E-state index in [9.17, 15) is 9.59 Å². The van der Waals surface area contributed by atoms with E-state index in [-0.39, 0.29) is 18.0 Å². The number of aromatic amines is 1. The molecule has 1 aliphatic heterocycles. The molecule has 0 saturated heterocycles. The monoisotopic (exact) mass is 430 g/mol. The zero-order valence-corrected chi connectivity index (χ0v) is 19.1. The van der Waals surface area contributed by atoms with Crippen LogP contribution in [-0.2, 0) is 13.0 Å². The first-order valence-corrected chi connectivity index (χ1v) is 11.0. The van der Waals surface area contributed by atoms with Gasteiger partial charge in [-0.1, -0.05) is 30.3 Å². The SMILES string of the molecule is Cc1cc(C)c(CN(N)C(=O)c2cc(-c3ccccc3)cc3c2CCN3C(C)C)c(=O)[nH]1. The average molecular weight is 431 g/mol. The van der Waals surface area contributed by atoms with Crippen LogP contribution >= 0.6 is 0 Å². The lowest BCUT2D eigenvalue weighted by Gasteiger charge is -2.25. The number of aromatic nitrogens is 1. The maximum atomic E-state index is 13.5. The number of hydrazine groups is 1. The minimum Gasteiger partial charge on any atom is -0.369 e. The molecular weight excluding hydrogens is 400 g/mol. The maximum absolute atomic E-state index is 13.5. The molecule has 1 aromatic heterocycles. The molecule has 4 rings (SSSR count). The van der Waals surface area contributed by atoms with Crippen LogP contribution in [0.3, 0.4) is 0 Å². The molecule has 0 spiro atoms. The molecule has 0 radical (unpaired) electrons. The van der Waals surface area contributed by atoms with E-state index in [1.165, 1.54) is 0 Å². The molecular formula is C26H30N4O2. The van der Waals surface area contributed by atoms with Gasteiger partial charge in [0.25, 0.3) is 11.5 Å². The summed E-state index contributed by atoms with van der Waals surface area (Å²) in [6, 6.07) is 16.4. The van der Waals surface area contributed by atoms with Gasteiger partial charge < -0.3 is 9.88 Å². The van der Waals surface area contributed by atoms with Gasteiger partial charge in [-0.2, -0.15) is 0 Å². The van der Waals surface area contributed by atoms with Crippen LogP contribution in [0, 0.1) is 13.8 Å².